The van der Waals surface area contributed by atoms with Crippen molar-refractivity contribution < 1.29 is 14.0 Å². The van der Waals surface area contributed by atoms with Crippen molar-refractivity contribution in [2.45, 2.75) is 13.8 Å². The lowest BCUT2D eigenvalue weighted by molar-refractivity contribution is -0.113. The van der Waals surface area contributed by atoms with Crippen LogP contribution in [0.5, 0.6) is 0 Å². The first-order valence-corrected chi connectivity index (χ1v) is 4.73. The summed E-state index contributed by atoms with van der Waals surface area (Å²) in [5.74, 6) is -1.59. The highest BCUT2D eigenvalue weighted by molar-refractivity contribution is 9.10. The highest BCUT2D eigenvalue weighted by atomic mass is 79.9. The van der Waals surface area contributed by atoms with Crippen molar-refractivity contribution in [1.82, 2.24) is 0 Å². The summed E-state index contributed by atoms with van der Waals surface area (Å²) < 4.78 is 13.2. The van der Waals surface area contributed by atoms with Crippen LogP contribution in [0.2, 0.25) is 0 Å². The summed E-state index contributed by atoms with van der Waals surface area (Å²) >= 11 is 3.05. The van der Waals surface area contributed by atoms with Crippen molar-refractivity contribution in [3.8, 4) is 0 Å². The van der Waals surface area contributed by atoms with Gasteiger partial charge in [0.25, 0.3) is 0 Å². The molecule has 0 aliphatic rings. The number of Topliss-reactive ketones (excluding diaryl/α,β-unsaturated/α-hetero) is 2. The van der Waals surface area contributed by atoms with Gasteiger partial charge in [-0.1, -0.05) is 0 Å². The predicted molar refractivity (Wildman–Crippen MR) is 53.8 cm³/mol. The fourth-order valence-electron chi connectivity index (χ4n) is 1.17. The molecule has 0 unspecified atom stereocenters. The van der Waals surface area contributed by atoms with Crippen molar-refractivity contribution >= 4 is 27.5 Å². The summed E-state index contributed by atoms with van der Waals surface area (Å²) in [5.41, 5.74) is 0.691. The van der Waals surface area contributed by atoms with Crippen LogP contribution in [-0.2, 0) is 4.79 Å². The molecule has 0 radical (unpaired) electrons. The van der Waals surface area contributed by atoms with Crippen LogP contribution in [0.3, 0.4) is 0 Å². The summed E-state index contributed by atoms with van der Waals surface area (Å²) in [6.07, 6.45) is 0. The molecule has 0 aliphatic carbocycles. The Labute approximate surface area is 89.2 Å². The fraction of sp³-hybridized carbons (Fsp3) is 0.200. The van der Waals surface area contributed by atoms with Gasteiger partial charge >= 0.3 is 0 Å². The number of aryl methyl sites for hydroxylation is 1. The van der Waals surface area contributed by atoms with Gasteiger partial charge in [0.2, 0.25) is 5.78 Å². The number of benzene rings is 1. The van der Waals surface area contributed by atoms with Gasteiger partial charge in [-0.25, -0.2) is 4.39 Å². The normalized spacial score (nSPS) is 10.0. The van der Waals surface area contributed by atoms with Crippen LogP contribution in [0.4, 0.5) is 4.39 Å². The molecular weight excluding hydrogens is 251 g/mol. The van der Waals surface area contributed by atoms with E-state index in [1.54, 1.807) is 6.92 Å². The summed E-state index contributed by atoms with van der Waals surface area (Å²) in [4.78, 5) is 22.3. The van der Waals surface area contributed by atoms with Crippen LogP contribution in [-0.4, -0.2) is 11.6 Å². The highest BCUT2D eigenvalue weighted by Crippen LogP contribution is 2.22. The Morgan fingerprint density at radius 3 is 2.36 bits per heavy atom. The van der Waals surface area contributed by atoms with Crippen LogP contribution < -0.4 is 0 Å². The standard InChI is InChI=1S/C10H8BrFO2/c1-5-3-7(12)4-8(11)9(5)10(14)6(2)13/h3-4H,1-2H3. The predicted octanol–water partition coefficient (Wildman–Crippen LogP) is 2.67. The molecule has 0 fully saturated rings. The quantitative estimate of drug-likeness (QED) is 0.604. The second-order valence-corrected chi connectivity index (χ2v) is 3.82. The number of halogens is 2. The van der Waals surface area contributed by atoms with E-state index < -0.39 is 17.4 Å². The molecule has 0 spiro atoms. The molecule has 0 aromatic heterocycles. The summed E-state index contributed by atoms with van der Waals surface area (Å²) in [6, 6.07) is 2.39. The van der Waals surface area contributed by atoms with Crippen LogP contribution in [0, 0.1) is 12.7 Å². The van der Waals surface area contributed by atoms with Crippen molar-refractivity contribution in [3.63, 3.8) is 0 Å². The number of rotatable bonds is 2. The molecule has 1 aromatic rings. The molecule has 0 saturated heterocycles. The third-order valence-electron chi connectivity index (χ3n) is 1.80. The maximum absolute atomic E-state index is 12.8. The van der Waals surface area contributed by atoms with Gasteiger partial charge in [0.1, 0.15) is 5.82 Å². The van der Waals surface area contributed by atoms with E-state index in [-0.39, 0.29) is 5.56 Å². The van der Waals surface area contributed by atoms with Crippen LogP contribution in [0.15, 0.2) is 16.6 Å². The van der Waals surface area contributed by atoms with Crippen LogP contribution >= 0.6 is 15.9 Å². The van der Waals surface area contributed by atoms with E-state index in [9.17, 15) is 14.0 Å². The van der Waals surface area contributed by atoms with E-state index in [1.807, 2.05) is 0 Å². The molecule has 0 N–H and O–H groups in total. The van der Waals surface area contributed by atoms with Crippen molar-refractivity contribution in [1.29, 1.82) is 0 Å². The molecule has 2 nitrogen and oxygen atoms in total. The Kier molecular flexibility index (Phi) is 3.16. The van der Waals surface area contributed by atoms with E-state index in [0.717, 1.165) is 0 Å². The lowest BCUT2D eigenvalue weighted by Gasteiger charge is -2.05. The average Bonchev–Trinajstić information content (AvgIpc) is 2.01. The van der Waals surface area contributed by atoms with Crippen molar-refractivity contribution in [3.05, 3.63) is 33.5 Å². The molecule has 0 saturated carbocycles. The Morgan fingerprint density at radius 2 is 1.93 bits per heavy atom. The molecule has 0 aliphatic heterocycles. The minimum atomic E-state index is -0.602. The molecule has 0 heterocycles. The minimum Gasteiger partial charge on any atom is -0.291 e. The monoisotopic (exact) mass is 258 g/mol. The zero-order chi connectivity index (χ0) is 10.9. The largest absolute Gasteiger partial charge is 0.291 e. The highest BCUT2D eigenvalue weighted by Gasteiger charge is 2.17. The van der Waals surface area contributed by atoms with Crippen LogP contribution in [0.1, 0.15) is 22.8 Å². The zero-order valence-electron chi connectivity index (χ0n) is 7.73. The molecule has 0 atom stereocenters. The van der Waals surface area contributed by atoms with E-state index in [1.165, 1.54) is 19.1 Å². The number of carbonyl (C=O) groups excluding carboxylic acids is 2. The summed E-state index contributed by atoms with van der Waals surface area (Å²) in [6.45, 7) is 2.78. The second kappa shape index (κ2) is 4.00. The van der Waals surface area contributed by atoms with E-state index in [0.29, 0.717) is 10.0 Å². The molecule has 14 heavy (non-hydrogen) atoms. The first-order chi connectivity index (χ1) is 6.43. The Bertz CT molecular complexity index is 390. The van der Waals surface area contributed by atoms with E-state index in [4.69, 9.17) is 0 Å². The fourth-order valence-corrected chi connectivity index (χ4v) is 1.88. The zero-order valence-corrected chi connectivity index (χ0v) is 9.31. The second-order valence-electron chi connectivity index (χ2n) is 2.96. The van der Waals surface area contributed by atoms with Crippen molar-refractivity contribution in [2.24, 2.45) is 0 Å². The van der Waals surface area contributed by atoms with Gasteiger partial charge in [-0.3, -0.25) is 9.59 Å². The van der Waals surface area contributed by atoms with Gasteiger partial charge < -0.3 is 0 Å². The van der Waals surface area contributed by atoms with Gasteiger partial charge in [-0.2, -0.15) is 0 Å². The van der Waals surface area contributed by atoms with Gasteiger partial charge in [0.15, 0.2) is 5.78 Å². The maximum atomic E-state index is 12.8. The molecule has 0 amide bonds. The number of hydrogen-bond acceptors (Lipinski definition) is 2. The van der Waals surface area contributed by atoms with E-state index >= 15 is 0 Å². The maximum Gasteiger partial charge on any atom is 0.229 e. The Morgan fingerprint density at radius 1 is 1.36 bits per heavy atom. The summed E-state index contributed by atoms with van der Waals surface area (Å²) in [7, 11) is 0. The number of hydrogen-bond donors (Lipinski definition) is 0. The lowest BCUT2D eigenvalue weighted by Crippen LogP contribution is -2.12. The van der Waals surface area contributed by atoms with Gasteiger partial charge in [-0.05, 0) is 40.5 Å². The average molecular weight is 259 g/mol. The molecule has 4 heteroatoms. The minimum absolute atomic E-state index is 0.235. The van der Waals surface area contributed by atoms with Gasteiger partial charge in [0.05, 0.1) is 0 Å². The van der Waals surface area contributed by atoms with Gasteiger partial charge in [-0.15, -0.1) is 0 Å². The Hall–Kier alpha value is -1.03. The first-order valence-electron chi connectivity index (χ1n) is 3.94. The molecular formula is C10H8BrFO2. The molecule has 1 rings (SSSR count). The van der Waals surface area contributed by atoms with E-state index in [2.05, 4.69) is 15.9 Å². The Balaban J connectivity index is 3.35. The molecule has 1 aromatic carbocycles. The van der Waals surface area contributed by atoms with Crippen LogP contribution in [0.25, 0.3) is 0 Å². The number of ketones is 2. The first kappa shape index (κ1) is 11.0. The summed E-state index contributed by atoms with van der Waals surface area (Å²) in [5, 5.41) is 0. The topological polar surface area (TPSA) is 34.1 Å². The lowest BCUT2D eigenvalue weighted by atomic mass is 10.0. The van der Waals surface area contributed by atoms with Gasteiger partial charge in [0, 0.05) is 17.0 Å². The van der Waals surface area contributed by atoms with Crippen molar-refractivity contribution in [2.75, 3.05) is 0 Å². The number of carbonyl (C=O) groups is 2. The molecule has 0 bridgehead atoms. The molecule has 74 valence electrons. The third kappa shape index (κ3) is 2.07. The smallest absolute Gasteiger partial charge is 0.229 e. The third-order valence-corrected chi connectivity index (χ3v) is 2.42. The SMILES string of the molecule is CC(=O)C(=O)c1c(C)cc(F)cc1Br.